The van der Waals surface area contributed by atoms with Crippen molar-refractivity contribution in [1.82, 2.24) is 4.98 Å². The van der Waals surface area contributed by atoms with Crippen LogP contribution in [0.25, 0.3) is 10.9 Å². The van der Waals surface area contributed by atoms with Gasteiger partial charge in [0.15, 0.2) is 0 Å². The van der Waals surface area contributed by atoms with E-state index in [4.69, 9.17) is 9.73 Å². The Bertz CT molecular complexity index is 1040. The first-order chi connectivity index (χ1) is 13.8. The molecule has 1 saturated carbocycles. The van der Waals surface area contributed by atoms with Crippen molar-refractivity contribution in [3.8, 4) is 17.4 Å². The standard InChI is InChI=1S/C23H22N2O2S/c26-20-10-4-7-16-11-12-21(25-22(16)20)27-18-9-3-8-17(13-18)23-24-19(14-28-23)15-5-1-2-6-15/h3-4,7-13,15,19,26H,1-2,5-6,14H2/t19-/m1/s1. The molecule has 142 valence electrons. The third-order valence-electron chi connectivity index (χ3n) is 5.59. The van der Waals surface area contributed by atoms with E-state index >= 15 is 0 Å². The lowest BCUT2D eigenvalue weighted by atomic mass is 10.0. The Hall–Kier alpha value is -2.53. The minimum Gasteiger partial charge on any atom is -0.506 e. The van der Waals surface area contributed by atoms with Crippen LogP contribution < -0.4 is 4.74 Å². The Morgan fingerprint density at radius 3 is 2.75 bits per heavy atom. The molecule has 0 saturated heterocycles. The Morgan fingerprint density at radius 1 is 1.00 bits per heavy atom. The van der Waals surface area contributed by atoms with E-state index in [-0.39, 0.29) is 5.75 Å². The molecule has 3 aromatic rings. The number of phenols is 1. The molecular weight excluding hydrogens is 368 g/mol. The molecule has 2 aromatic carbocycles. The molecule has 1 aliphatic heterocycles. The zero-order chi connectivity index (χ0) is 18.9. The van der Waals surface area contributed by atoms with Gasteiger partial charge >= 0.3 is 0 Å². The fraction of sp³-hybridized carbons (Fsp3) is 0.304. The molecule has 0 bridgehead atoms. The molecule has 1 fully saturated rings. The van der Waals surface area contributed by atoms with E-state index in [1.165, 1.54) is 25.7 Å². The average molecular weight is 391 g/mol. The zero-order valence-corrected chi connectivity index (χ0v) is 16.4. The largest absolute Gasteiger partial charge is 0.506 e. The van der Waals surface area contributed by atoms with Crippen molar-refractivity contribution >= 4 is 27.7 Å². The number of thioether (sulfide) groups is 1. The molecule has 1 atom stereocenters. The van der Waals surface area contributed by atoms with Crippen LogP contribution in [0.15, 0.2) is 59.6 Å². The highest BCUT2D eigenvalue weighted by atomic mass is 32.2. The van der Waals surface area contributed by atoms with Gasteiger partial charge in [0.25, 0.3) is 0 Å². The summed E-state index contributed by atoms with van der Waals surface area (Å²) in [5, 5.41) is 12.0. The summed E-state index contributed by atoms with van der Waals surface area (Å²) in [6.45, 7) is 0. The van der Waals surface area contributed by atoms with E-state index in [0.29, 0.717) is 17.4 Å². The van der Waals surface area contributed by atoms with E-state index in [1.54, 1.807) is 6.07 Å². The van der Waals surface area contributed by atoms with E-state index in [9.17, 15) is 5.11 Å². The molecule has 28 heavy (non-hydrogen) atoms. The summed E-state index contributed by atoms with van der Waals surface area (Å²) in [6, 6.07) is 17.6. The highest BCUT2D eigenvalue weighted by Crippen LogP contribution is 2.36. The van der Waals surface area contributed by atoms with Gasteiger partial charge in [-0.2, -0.15) is 0 Å². The number of hydrogen-bond acceptors (Lipinski definition) is 5. The third-order valence-corrected chi connectivity index (χ3v) is 6.72. The second-order valence-corrected chi connectivity index (χ2v) is 8.49. The number of pyridine rings is 1. The molecule has 0 spiro atoms. The van der Waals surface area contributed by atoms with E-state index in [1.807, 2.05) is 54.2 Å². The maximum Gasteiger partial charge on any atom is 0.219 e. The van der Waals surface area contributed by atoms with Crippen LogP contribution in [0.1, 0.15) is 31.2 Å². The first-order valence-electron chi connectivity index (χ1n) is 9.84. The summed E-state index contributed by atoms with van der Waals surface area (Å²) in [5.74, 6) is 3.21. The van der Waals surface area contributed by atoms with Gasteiger partial charge in [-0.1, -0.05) is 37.1 Å². The lowest BCUT2D eigenvalue weighted by molar-refractivity contribution is 0.459. The summed E-state index contributed by atoms with van der Waals surface area (Å²) in [7, 11) is 0. The second-order valence-electron chi connectivity index (χ2n) is 7.49. The second kappa shape index (κ2) is 7.47. The van der Waals surface area contributed by atoms with Gasteiger partial charge in [-0.25, -0.2) is 4.98 Å². The number of aliphatic imine (C=N–C) groups is 1. The van der Waals surface area contributed by atoms with Crippen LogP contribution in [0.4, 0.5) is 0 Å². The highest BCUT2D eigenvalue weighted by molar-refractivity contribution is 8.14. The SMILES string of the molecule is Oc1cccc2ccc(Oc3cccc(C4=N[C@@H](C5CCCC5)CS4)c3)nc12. The summed E-state index contributed by atoms with van der Waals surface area (Å²) in [4.78, 5) is 9.47. The van der Waals surface area contributed by atoms with Gasteiger partial charge in [-0.3, -0.25) is 4.99 Å². The van der Waals surface area contributed by atoms with Crippen molar-refractivity contribution in [2.75, 3.05) is 5.75 Å². The first-order valence-corrected chi connectivity index (χ1v) is 10.8. The Labute approximate surface area is 168 Å². The van der Waals surface area contributed by atoms with Gasteiger partial charge in [-0.05, 0) is 43.0 Å². The molecule has 0 amide bonds. The van der Waals surface area contributed by atoms with E-state index < -0.39 is 0 Å². The summed E-state index contributed by atoms with van der Waals surface area (Å²) < 4.78 is 5.98. The predicted molar refractivity (Wildman–Crippen MR) is 115 cm³/mol. The van der Waals surface area contributed by atoms with Crippen LogP contribution in [0.2, 0.25) is 0 Å². The normalized spacial score (nSPS) is 19.9. The summed E-state index contributed by atoms with van der Waals surface area (Å²) in [6.07, 6.45) is 5.36. The van der Waals surface area contributed by atoms with Gasteiger partial charge in [0.1, 0.15) is 17.0 Å². The quantitative estimate of drug-likeness (QED) is 0.613. The maximum absolute atomic E-state index is 10.0. The van der Waals surface area contributed by atoms with E-state index in [0.717, 1.165) is 33.4 Å². The number of fused-ring (bicyclic) bond motifs is 1. The van der Waals surface area contributed by atoms with Crippen molar-refractivity contribution in [1.29, 1.82) is 0 Å². The average Bonchev–Trinajstić information content (AvgIpc) is 3.41. The Balaban J connectivity index is 1.37. The lowest BCUT2D eigenvalue weighted by Crippen LogP contribution is -2.15. The number of nitrogens with zero attached hydrogens (tertiary/aromatic N) is 2. The molecule has 1 N–H and O–H groups in total. The fourth-order valence-electron chi connectivity index (χ4n) is 4.11. The van der Waals surface area contributed by atoms with Crippen LogP contribution in [-0.4, -0.2) is 26.9 Å². The monoisotopic (exact) mass is 390 g/mol. The van der Waals surface area contributed by atoms with Crippen LogP contribution >= 0.6 is 11.8 Å². The summed E-state index contributed by atoms with van der Waals surface area (Å²) >= 11 is 1.86. The molecule has 1 aliphatic carbocycles. The van der Waals surface area contributed by atoms with Gasteiger partial charge in [0.05, 0.1) is 11.1 Å². The number of phenolic OH excluding ortho intramolecular Hbond substituents is 1. The molecule has 4 nitrogen and oxygen atoms in total. The van der Waals surface area contributed by atoms with Crippen molar-refractivity contribution in [2.45, 2.75) is 31.7 Å². The molecule has 2 aliphatic rings. The number of para-hydroxylation sites is 1. The molecule has 5 heteroatoms. The minimum atomic E-state index is 0.159. The fourth-order valence-corrected chi connectivity index (χ4v) is 5.29. The predicted octanol–water partition coefficient (Wildman–Crippen LogP) is 5.78. The van der Waals surface area contributed by atoms with Crippen LogP contribution in [-0.2, 0) is 0 Å². The van der Waals surface area contributed by atoms with Crippen molar-refractivity contribution in [3.63, 3.8) is 0 Å². The molecule has 5 rings (SSSR count). The number of benzene rings is 2. The smallest absolute Gasteiger partial charge is 0.219 e. The minimum absolute atomic E-state index is 0.159. The number of aromatic hydroxyl groups is 1. The Morgan fingerprint density at radius 2 is 1.86 bits per heavy atom. The lowest BCUT2D eigenvalue weighted by Gasteiger charge is -2.13. The van der Waals surface area contributed by atoms with Gasteiger partial charge in [-0.15, -0.1) is 11.8 Å². The van der Waals surface area contributed by atoms with Crippen LogP contribution in [0, 0.1) is 5.92 Å². The zero-order valence-electron chi connectivity index (χ0n) is 15.5. The number of ether oxygens (including phenoxy) is 1. The van der Waals surface area contributed by atoms with Crippen molar-refractivity contribution in [2.24, 2.45) is 10.9 Å². The van der Waals surface area contributed by atoms with Gasteiger partial charge in [0.2, 0.25) is 5.88 Å². The third kappa shape index (κ3) is 3.47. The highest BCUT2D eigenvalue weighted by Gasteiger charge is 2.29. The molecule has 0 unspecified atom stereocenters. The number of aromatic nitrogens is 1. The topological polar surface area (TPSA) is 54.7 Å². The molecular formula is C23H22N2O2S. The van der Waals surface area contributed by atoms with Crippen molar-refractivity contribution in [3.05, 3.63) is 60.2 Å². The van der Waals surface area contributed by atoms with Gasteiger partial charge in [0, 0.05) is 22.8 Å². The maximum atomic E-state index is 10.0. The van der Waals surface area contributed by atoms with Gasteiger partial charge < -0.3 is 9.84 Å². The molecule has 1 aromatic heterocycles. The number of hydrogen-bond donors (Lipinski definition) is 1. The molecule has 0 radical (unpaired) electrons. The van der Waals surface area contributed by atoms with Crippen molar-refractivity contribution < 1.29 is 9.84 Å². The van der Waals surface area contributed by atoms with Crippen LogP contribution in [0.5, 0.6) is 17.4 Å². The first kappa shape index (κ1) is 17.6. The van der Waals surface area contributed by atoms with Crippen LogP contribution in [0.3, 0.4) is 0 Å². The summed E-state index contributed by atoms with van der Waals surface area (Å²) in [5.41, 5.74) is 1.65. The Kier molecular flexibility index (Phi) is 4.69. The molecule has 2 heterocycles. The van der Waals surface area contributed by atoms with E-state index in [2.05, 4.69) is 11.1 Å². The number of rotatable bonds is 4.